The minimum Gasteiger partial charge on any atom is -0.383 e. The first-order valence-electron chi connectivity index (χ1n) is 6.77. The lowest BCUT2D eigenvalue weighted by Crippen LogP contribution is -2.13. The van der Waals surface area contributed by atoms with E-state index in [0.717, 1.165) is 28.7 Å². The van der Waals surface area contributed by atoms with Crippen molar-refractivity contribution in [3.63, 3.8) is 0 Å². The van der Waals surface area contributed by atoms with Crippen molar-refractivity contribution in [3.8, 4) is 0 Å². The molecule has 1 atom stereocenters. The molecule has 0 aliphatic carbocycles. The Morgan fingerprint density at radius 1 is 1.20 bits per heavy atom. The Hall–Kier alpha value is -1.88. The first-order chi connectivity index (χ1) is 9.51. The van der Waals surface area contributed by atoms with Crippen LogP contribution < -0.4 is 5.32 Å². The molecule has 0 saturated carbocycles. The lowest BCUT2D eigenvalue weighted by molar-refractivity contribution is 0.163. The predicted molar refractivity (Wildman–Crippen MR) is 80.5 cm³/mol. The second kappa shape index (κ2) is 6.05. The lowest BCUT2D eigenvalue weighted by atomic mass is 10.3. The second-order valence-electron chi connectivity index (χ2n) is 5.13. The van der Waals surface area contributed by atoms with E-state index < -0.39 is 0 Å². The molecule has 5 heteroatoms. The minimum atomic E-state index is 0.224. The van der Waals surface area contributed by atoms with Crippen molar-refractivity contribution >= 4 is 11.6 Å². The molecule has 0 aliphatic heterocycles. The Labute approximate surface area is 120 Å². The van der Waals surface area contributed by atoms with Crippen LogP contribution in [0, 0.1) is 20.8 Å². The molecule has 2 rings (SSSR count). The van der Waals surface area contributed by atoms with Crippen LogP contribution in [0.1, 0.15) is 30.0 Å². The number of imidazole rings is 1. The van der Waals surface area contributed by atoms with Crippen LogP contribution in [0.2, 0.25) is 0 Å². The van der Waals surface area contributed by atoms with Gasteiger partial charge >= 0.3 is 0 Å². The van der Waals surface area contributed by atoms with Crippen molar-refractivity contribution < 1.29 is 4.74 Å². The van der Waals surface area contributed by atoms with E-state index in [9.17, 15) is 0 Å². The number of rotatable bonds is 5. The summed E-state index contributed by atoms with van der Waals surface area (Å²) in [6, 6.07) is 4.25. The van der Waals surface area contributed by atoms with Gasteiger partial charge in [0.1, 0.15) is 0 Å². The molecular weight excluding hydrogens is 252 g/mol. The number of anilines is 2. The van der Waals surface area contributed by atoms with Crippen LogP contribution in [0.25, 0.3) is 0 Å². The van der Waals surface area contributed by atoms with Gasteiger partial charge in [0, 0.05) is 19.0 Å². The molecule has 0 bridgehead atoms. The summed E-state index contributed by atoms with van der Waals surface area (Å²) < 4.78 is 7.32. The van der Waals surface area contributed by atoms with E-state index in [1.807, 2.05) is 39.1 Å². The Balaban J connectivity index is 2.29. The van der Waals surface area contributed by atoms with Crippen molar-refractivity contribution in [2.45, 2.75) is 33.7 Å². The third kappa shape index (κ3) is 3.17. The number of aryl methyl sites for hydroxylation is 3. The number of ether oxygens (including phenoxy) is 1. The maximum atomic E-state index is 5.22. The fourth-order valence-corrected chi connectivity index (χ4v) is 2.21. The third-order valence-electron chi connectivity index (χ3n) is 3.21. The zero-order valence-corrected chi connectivity index (χ0v) is 12.8. The van der Waals surface area contributed by atoms with E-state index in [2.05, 4.69) is 26.8 Å². The van der Waals surface area contributed by atoms with Crippen LogP contribution in [0.3, 0.4) is 0 Å². The average Bonchev–Trinajstić information content (AvgIpc) is 2.74. The lowest BCUT2D eigenvalue weighted by Gasteiger charge is -2.16. The molecule has 1 unspecified atom stereocenters. The number of nitrogens with zero attached hydrogens (tertiary/aromatic N) is 3. The summed E-state index contributed by atoms with van der Waals surface area (Å²) in [4.78, 5) is 9.00. The Kier molecular flexibility index (Phi) is 4.39. The summed E-state index contributed by atoms with van der Waals surface area (Å²) in [7, 11) is 1.71. The molecular formula is C15H22N4O. The maximum absolute atomic E-state index is 5.22. The molecule has 0 saturated heterocycles. The molecule has 108 valence electrons. The summed E-state index contributed by atoms with van der Waals surface area (Å²) in [5.74, 6) is 0.820. The number of nitrogens with one attached hydrogen (secondary N) is 1. The summed E-state index contributed by atoms with van der Waals surface area (Å²) in [5.41, 5.74) is 3.94. The standard InChI is InChI=1S/C15H22N4O/c1-10-6-7-14(13(4)16-10)18-15-17-11(2)8-19(15)12(3)9-20-5/h6-8,12H,9H2,1-5H3,(H,17,18). The normalized spacial score (nSPS) is 12.4. The molecule has 0 aromatic carbocycles. The molecule has 2 heterocycles. The smallest absolute Gasteiger partial charge is 0.207 e. The van der Waals surface area contributed by atoms with Crippen molar-refractivity contribution in [1.82, 2.24) is 14.5 Å². The zero-order valence-electron chi connectivity index (χ0n) is 12.8. The topological polar surface area (TPSA) is 52.0 Å². The fourth-order valence-electron chi connectivity index (χ4n) is 2.21. The summed E-state index contributed by atoms with van der Waals surface area (Å²) >= 11 is 0. The van der Waals surface area contributed by atoms with Gasteiger partial charge in [-0.1, -0.05) is 0 Å². The highest BCUT2D eigenvalue weighted by Gasteiger charge is 2.13. The fraction of sp³-hybridized carbons (Fsp3) is 0.467. The van der Waals surface area contributed by atoms with Crippen molar-refractivity contribution in [1.29, 1.82) is 0 Å². The van der Waals surface area contributed by atoms with Crippen LogP contribution in [-0.4, -0.2) is 28.3 Å². The summed E-state index contributed by atoms with van der Waals surface area (Å²) in [6.45, 7) is 8.73. The largest absolute Gasteiger partial charge is 0.383 e. The van der Waals surface area contributed by atoms with Gasteiger partial charge in [0.15, 0.2) is 0 Å². The highest BCUT2D eigenvalue weighted by Crippen LogP contribution is 2.22. The Bertz CT molecular complexity index is 592. The zero-order chi connectivity index (χ0) is 14.7. The Morgan fingerprint density at radius 3 is 2.60 bits per heavy atom. The molecule has 1 N–H and O–H groups in total. The SMILES string of the molecule is COCC(C)n1cc(C)nc1Nc1ccc(C)nc1C. The summed E-state index contributed by atoms with van der Waals surface area (Å²) in [5, 5.41) is 3.36. The van der Waals surface area contributed by atoms with E-state index in [0.29, 0.717) is 6.61 Å². The highest BCUT2D eigenvalue weighted by atomic mass is 16.5. The van der Waals surface area contributed by atoms with E-state index in [-0.39, 0.29) is 6.04 Å². The van der Waals surface area contributed by atoms with E-state index in [1.165, 1.54) is 0 Å². The number of methoxy groups -OCH3 is 1. The van der Waals surface area contributed by atoms with Gasteiger partial charge < -0.3 is 14.6 Å². The molecule has 0 spiro atoms. The van der Waals surface area contributed by atoms with Gasteiger partial charge in [-0.25, -0.2) is 4.98 Å². The molecule has 0 amide bonds. The molecule has 20 heavy (non-hydrogen) atoms. The Morgan fingerprint density at radius 2 is 1.95 bits per heavy atom. The quantitative estimate of drug-likeness (QED) is 0.910. The monoisotopic (exact) mass is 274 g/mol. The number of aromatic nitrogens is 3. The maximum Gasteiger partial charge on any atom is 0.207 e. The van der Waals surface area contributed by atoms with E-state index >= 15 is 0 Å². The van der Waals surface area contributed by atoms with Gasteiger partial charge in [0.25, 0.3) is 0 Å². The molecule has 2 aromatic heterocycles. The van der Waals surface area contributed by atoms with Crippen molar-refractivity contribution in [3.05, 3.63) is 35.4 Å². The molecule has 2 aromatic rings. The van der Waals surface area contributed by atoms with Crippen LogP contribution in [0.15, 0.2) is 18.3 Å². The molecule has 0 radical (unpaired) electrons. The molecule has 0 aliphatic rings. The first kappa shape index (κ1) is 14.5. The second-order valence-corrected chi connectivity index (χ2v) is 5.13. The average molecular weight is 274 g/mol. The first-order valence-corrected chi connectivity index (χ1v) is 6.77. The van der Waals surface area contributed by atoms with E-state index in [1.54, 1.807) is 7.11 Å². The molecule has 0 fully saturated rings. The van der Waals surface area contributed by atoms with Crippen molar-refractivity contribution in [2.75, 3.05) is 19.0 Å². The van der Waals surface area contributed by atoms with Gasteiger partial charge in [-0.05, 0) is 39.8 Å². The van der Waals surface area contributed by atoms with Gasteiger partial charge in [-0.2, -0.15) is 0 Å². The van der Waals surface area contributed by atoms with Gasteiger partial charge in [-0.3, -0.25) is 4.98 Å². The van der Waals surface area contributed by atoms with Crippen LogP contribution >= 0.6 is 0 Å². The van der Waals surface area contributed by atoms with Crippen LogP contribution in [-0.2, 0) is 4.74 Å². The third-order valence-corrected chi connectivity index (χ3v) is 3.21. The number of hydrogen-bond acceptors (Lipinski definition) is 4. The predicted octanol–water partition coefficient (Wildman–Crippen LogP) is 3.15. The van der Waals surface area contributed by atoms with Gasteiger partial charge in [-0.15, -0.1) is 0 Å². The van der Waals surface area contributed by atoms with E-state index in [4.69, 9.17) is 4.74 Å². The highest BCUT2D eigenvalue weighted by molar-refractivity contribution is 5.57. The number of hydrogen-bond donors (Lipinski definition) is 1. The summed E-state index contributed by atoms with van der Waals surface area (Å²) in [6.07, 6.45) is 2.03. The van der Waals surface area contributed by atoms with Gasteiger partial charge in [0.05, 0.1) is 29.7 Å². The van der Waals surface area contributed by atoms with Crippen molar-refractivity contribution in [2.24, 2.45) is 0 Å². The minimum absolute atomic E-state index is 0.224. The number of pyridine rings is 1. The molecule has 5 nitrogen and oxygen atoms in total. The van der Waals surface area contributed by atoms with Crippen LogP contribution in [0.4, 0.5) is 11.6 Å². The van der Waals surface area contributed by atoms with Gasteiger partial charge in [0.2, 0.25) is 5.95 Å². The van der Waals surface area contributed by atoms with Crippen LogP contribution in [0.5, 0.6) is 0 Å².